The van der Waals surface area contributed by atoms with Gasteiger partial charge in [0.2, 0.25) is 0 Å². The van der Waals surface area contributed by atoms with Gasteiger partial charge in [-0.3, -0.25) is 0 Å². The van der Waals surface area contributed by atoms with E-state index in [4.69, 9.17) is 4.74 Å². The Morgan fingerprint density at radius 3 is 2.62 bits per heavy atom. The number of esters is 1. The highest BCUT2D eigenvalue weighted by molar-refractivity contribution is 5.92. The minimum Gasteiger partial charge on any atom is -0.423 e. The lowest BCUT2D eigenvalue weighted by molar-refractivity contribution is 0.0734. The molecule has 0 saturated heterocycles. The van der Waals surface area contributed by atoms with Crippen molar-refractivity contribution in [3.05, 3.63) is 77.7 Å². The Bertz CT molecular complexity index is 878. The van der Waals surface area contributed by atoms with Gasteiger partial charge in [-0.15, -0.1) is 0 Å². The van der Waals surface area contributed by atoms with Crippen LogP contribution in [0.1, 0.15) is 21.6 Å². The minimum absolute atomic E-state index is 0.372. The zero-order chi connectivity index (χ0) is 16.9. The Kier molecular flexibility index (Phi) is 4.52. The molecular formula is C19H17N3O2. The lowest BCUT2D eigenvalue weighted by Gasteiger charge is -2.09. The number of aryl methyl sites for hydroxylation is 2. The normalized spacial score (nSPS) is 10.2. The summed E-state index contributed by atoms with van der Waals surface area (Å²) in [6.07, 6.45) is 1.50. The summed E-state index contributed by atoms with van der Waals surface area (Å²) in [5, 5.41) is 3.17. The maximum absolute atomic E-state index is 12.3. The third-order valence-corrected chi connectivity index (χ3v) is 3.49. The monoisotopic (exact) mass is 319 g/mol. The predicted octanol–water partition coefficient (Wildman–Crippen LogP) is 4.06. The van der Waals surface area contributed by atoms with Gasteiger partial charge in [0.1, 0.15) is 17.9 Å². The predicted molar refractivity (Wildman–Crippen MR) is 92.6 cm³/mol. The molecule has 120 valence electrons. The second-order valence-corrected chi connectivity index (χ2v) is 5.40. The van der Waals surface area contributed by atoms with Crippen LogP contribution in [0, 0.1) is 13.8 Å². The maximum Gasteiger partial charge on any atom is 0.343 e. The molecule has 0 amide bonds. The van der Waals surface area contributed by atoms with Gasteiger partial charge < -0.3 is 10.1 Å². The van der Waals surface area contributed by atoms with Crippen molar-refractivity contribution in [2.45, 2.75) is 13.8 Å². The van der Waals surface area contributed by atoms with Gasteiger partial charge in [-0.1, -0.05) is 24.3 Å². The van der Waals surface area contributed by atoms with E-state index in [-0.39, 0.29) is 5.97 Å². The van der Waals surface area contributed by atoms with Crippen LogP contribution in [0.3, 0.4) is 0 Å². The SMILES string of the molecule is Cc1cc(Nc2cccc(OC(=O)c3ccccc3C)c2)ncn1. The van der Waals surface area contributed by atoms with Gasteiger partial charge in [0.05, 0.1) is 5.56 Å². The van der Waals surface area contributed by atoms with Crippen LogP contribution in [-0.4, -0.2) is 15.9 Å². The van der Waals surface area contributed by atoms with Crippen LogP contribution in [0.5, 0.6) is 5.75 Å². The van der Waals surface area contributed by atoms with E-state index in [1.54, 1.807) is 18.2 Å². The van der Waals surface area contributed by atoms with E-state index in [0.29, 0.717) is 17.1 Å². The Labute approximate surface area is 140 Å². The fourth-order valence-corrected chi connectivity index (χ4v) is 2.27. The van der Waals surface area contributed by atoms with Crippen molar-refractivity contribution >= 4 is 17.5 Å². The maximum atomic E-state index is 12.3. The van der Waals surface area contributed by atoms with E-state index in [1.807, 2.05) is 50.2 Å². The van der Waals surface area contributed by atoms with Crippen molar-refractivity contribution < 1.29 is 9.53 Å². The van der Waals surface area contributed by atoms with Crippen molar-refractivity contribution in [2.24, 2.45) is 0 Å². The zero-order valence-corrected chi connectivity index (χ0v) is 13.5. The number of rotatable bonds is 4. The van der Waals surface area contributed by atoms with E-state index in [0.717, 1.165) is 16.9 Å². The number of hydrogen-bond donors (Lipinski definition) is 1. The second kappa shape index (κ2) is 6.91. The first kappa shape index (κ1) is 15.7. The topological polar surface area (TPSA) is 64.1 Å². The van der Waals surface area contributed by atoms with Gasteiger partial charge in [0.15, 0.2) is 0 Å². The Morgan fingerprint density at radius 1 is 1.00 bits per heavy atom. The number of nitrogens with one attached hydrogen (secondary N) is 1. The molecule has 0 fully saturated rings. The second-order valence-electron chi connectivity index (χ2n) is 5.40. The molecule has 24 heavy (non-hydrogen) atoms. The summed E-state index contributed by atoms with van der Waals surface area (Å²) in [5.74, 6) is 0.784. The molecule has 0 unspecified atom stereocenters. The molecule has 1 N–H and O–H groups in total. The third kappa shape index (κ3) is 3.76. The summed E-state index contributed by atoms with van der Waals surface area (Å²) in [4.78, 5) is 20.5. The molecule has 3 aromatic rings. The molecule has 0 aliphatic rings. The van der Waals surface area contributed by atoms with Gasteiger partial charge in [-0.25, -0.2) is 14.8 Å². The molecule has 2 aromatic carbocycles. The summed E-state index contributed by atoms with van der Waals surface area (Å²) < 4.78 is 5.47. The molecule has 0 radical (unpaired) electrons. The van der Waals surface area contributed by atoms with Crippen LogP contribution in [0.25, 0.3) is 0 Å². The third-order valence-electron chi connectivity index (χ3n) is 3.49. The smallest absolute Gasteiger partial charge is 0.343 e. The van der Waals surface area contributed by atoms with Gasteiger partial charge in [-0.05, 0) is 37.6 Å². The lowest BCUT2D eigenvalue weighted by Crippen LogP contribution is -2.10. The number of nitrogens with zero attached hydrogens (tertiary/aromatic N) is 2. The fraction of sp³-hybridized carbons (Fsp3) is 0.105. The first-order chi connectivity index (χ1) is 11.6. The van der Waals surface area contributed by atoms with Crippen LogP contribution < -0.4 is 10.1 Å². The number of hydrogen-bond acceptors (Lipinski definition) is 5. The number of carbonyl (C=O) groups excluding carboxylic acids is 1. The summed E-state index contributed by atoms with van der Waals surface area (Å²) in [5.41, 5.74) is 3.09. The van der Waals surface area contributed by atoms with Gasteiger partial charge in [-0.2, -0.15) is 0 Å². The van der Waals surface area contributed by atoms with Crippen LogP contribution in [-0.2, 0) is 0 Å². The number of benzene rings is 2. The van der Waals surface area contributed by atoms with E-state index in [1.165, 1.54) is 6.33 Å². The lowest BCUT2D eigenvalue weighted by atomic mass is 10.1. The molecular weight excluding hydrogens is 302 g/mol. The van der Waals surface area contributed by atoms with Crippen molar-refractivity contribution in [3.8, 4) is 5.75 Å². The number of ether oxygens (including phenoxy) is 1. The highest BCUT2D eigenvalue weighted by atomic mass is 16.5. The Hall–Kier alpha value is -3.21. The molecule has 5 nitrogen and oxygen atoms in total. The van der Waals surface area contributed by atoms with E-state index >= 15 is 0 Å². The highest BCUT2D eigenvalue weighted by Gasteiger charge is 2.11. The molecule has 3 rings (SSSR count). The molecule has 5 heteroatoms. The van der Waals surface area contributed by atoms with E-state index < -0.39 is 0 Å². The molecule has 1 aromatic heterocycles. The Morgan fingerprint density at radius 2 is 1.83 bits per heavy atom. The number of aromatic nitrogens is 2. The van der Waals surface area contributed by atoms with E-state index in [9.17, 15) is 4.79 Å². The van der Waals surface area contributed by atoms with Gasteiger partial charge in [0.25, 0.3) is 0 Å². The number of carbonyl (C=O) groups is 1. The minimum atomic E-state index is -0.372. The zero-order valence-electron chi connectivity index (χ0n) is 13.5. The van der Waals surface area contributed by atoms with Crippen LogP contribution in [0.2, 0.25) is 0 Å². The summed E-state index contributed by atoms with van der Waals surface area (Å²) in [6, 6.07) is 16.4. The molecule has 0 spiro atoms. The average molecular weight is 319 g/mol. The molecule has 0 bridgehead atoms. The largest absolute Gasteiger partial charge is 0.423 e. The Balaban J connectivity index is 1.76. The van der Waals surface area contributed by atoms with Crippen molar-refractivity contribution in [1.82, 2.24) is 9.97 Å². The summed E-state index contributed by atoms with van der Waals surface area (Å²) in [6.45, 7) is 3.78. The first-order valence-electron chi connectivity index (χ1n) is 7.55. The van der Waals surface area contributed by atoms with E-state index in [2.05, 4.69) is 15.3 Å². The molecule has 0 aliphatic heterocycles. The fourth-order valence-electron chi connectivity index (χ4n) is 2.27. The molecule has 0 atom stereocenters. The van der Waals surface area contributed by atoms with Crippen LogP contribution in [0.4, 0.5) is 11.5 Å². The van der Waals surface area contributed by atoms with Crippen molar-refractivity contribution in [1.29, 1.82) is 0 Å². The molecule has 0 saturated carbocycles. The first-order valence-corrected chi connectivity index (χ1v) is 7.55. The number of anilines is 2. The highest BCUT2D eigenvalue weighted by Crippen LogP contribution is 2.22. The summed E-state index contributed by atoms with van der Waals surface area (Å²) >= 11 is 0. The van der Waals surface area contributed by atoms with Crippen LogP contribution in [0.15, 0.2) is 60.9 Å². The molecule has 1 heterocycles. The van der Waals surface area contributed by atoms with Crippen LogP contribution >= 0.6 is 0 Å². The average Bonchev–Trinajstić information content (AvgIpc) is 2.55. The van der Waals surface area contributed by atoms with Gasteiger partial charge in [0, 0.05) is 23.5 Å². The van der Waals surface area contributed by atoms with Crippen molar-refractivity contribution in [2.75, 3.05) is 5.32 Å². The quantitative estimate of drug-likeness (QED) is 0.580. The van der Waals surface area contributed by atoms with Crippen molar-refractivity contribution in [3.63, 3.8) is 0 Å². The molecule has 0 aliphatic carbocycles. The van der Waals surface area contributed by atoms with Gasteiger partial charge >= 0.3 is 5.97 Å². The summed E-state index contributed by atoms with van der Waals surface area (Å²) in [7, 11) is 0. The standard InChI is InChI=1S/C19H17N3O2/c1-13-6-3-4-9-17(13)19(23)24-16-8-5-7-15(11-16)22-18-10-14(2)20-12-21-18/h3-12H,1-2H3,(H,20,21,22).